The number of fused-ring (bicyclic) bond motifs is 1. The molecule has 0 aliphatic carbocycles. The van der Waals surface area contributed by atoms with Crippen LogP contribution in [0.4, 0.5) is 17.6 Å². The lowest BCUT2D eigenvalue weighted by Crippen LogP contribution is -2.15. The molecule has 0 unspecified atom stereocenters. The lowest BCUT2D eigenvalue weighted by molar-refractivity contribution is 0.171. The van der Waals surface area contributed by atoms with Crippen molar-refractivity contribution in [3.05, 3.63) is 54.4 Å². The van der Waals surface area contributed by atoms with Gasteiger partial charge in [-0.15, -0.1) is 11.8 Å². The van der Waals surface area contributed by atoms with Gasteiger partial charge in [-0.2, -0.15) is 15.0 Å². The van der Waals surface area contributed by atoms with E-state index in [4.69, 9.17) is 15.2 Å². The number of aromatic nitrogens is 3. The van der Waals surface area contributed by atoms with Crippen LogP contribution in [-0.2, 0) is 5.75 Å². The molecule has 0 amide bonds. The minimum absolute atomic E-state index is 0.191. The van der Waals surface area contributed by atoms with Crippen molar-refractivity contribution in [1.82, 2.24) is 15.0 Å². The maximum Gasteiger partial charge on any atom is 0.232 e. The second-order valence-corrected chi connectivity index (χ2v) is 6.57. The van der Waals surface area contributed by atoms with Crippen molar-refractivity contribution in [3.8, 4) is 11.5 Å². The Hall–Kier alpha value is -3.00. The van der Waals surface area contributed by atoms with Crippen LogP contribution in [0.25, 0.3) is 0 Å². The molecule has 0 fully saturated rings. The van der Waals surface area contributed by atoms with Gasteiger partial charge >= 0.3 is 0 Å². The largest absolute Gasteiger partial charge is 0.486 e. The molecule has 0 bridgehead atoms. The van der Waals surface area contributed by atoms with Gasteiger partial charge in [-0.1, -0.05) is 18.2 Å². The number of ether oxygens (including phenoxy) is 2. The SMILES string of the molecule is Nc1nc(CSc2ccc3c(c2)OCCO3)nc(Nc2ccccc2)n1. The molecule has 0 saturated carbocycles. The van der Waals surface area contributed by atoms with Crippen molar-refractivity contribution >= 4 is 29.3 Å². The summed E-state index contributed by atoms with van der Waals surface area (Å²) in [6.45, 7) is 1.15. The molecule has 7 nitrogen and oxygen atoms in total. The predicted octanol–water partition coefficient (Wildman–Crippen LogP) is 3.26. The van der Waals surface area contributed by atoms with E-state index in [0.717, 1.165) is 22.1 Å². The van der Waals surface area contributed by atoms with Crippen molar-refractivity contribution in [3.63, 3.8) is 0 Å². The van der Waals surface area contributed by atoms with Gasteiger partial charge in [0.1, 0.15) is 19.0 Å². The van der Waals surface area contributed by atoms with Gasteiger partial charge in [-0.05, 0) is 30.3 Å². The molecule has 1 aliphatic heterocycles. The van der Waals surface area contributed by atoms with Crippen molar-refractivity contribution in [2.24, 2.45) is 0 Å². The summed E-state index contributed by atoms with van der Waals surface area (Å²) in [5, 5.41) is 3.14. The second kappa shape index (κ2) is 7.49. The monoisotopic (exact) mass is 367 g/mol. The van der Waals surface area contributed by atoms with Crippen molar-refractivity contribution < 1.29 is 9.47 Å². The average molecular weight is 367 g/mol. The van der Waals surface area contributed by atoms with E-state index in [9.17, 15) is 0 Å². The fraction of sp³-hybridized carbons (Fsp3) is 0.167. The number of nitrogens with zero attached hydrogens (tertiary/aromatic N) is 3. The number of anilines is 3. The molecule has 26 heavy (non-hydrogen) atoms. The summed E-state index contributed by atoms with van der Waals surface area (Å²) < 4.78 is 11.1. The topological polar surface area (TPSA) is 95.2 Å². The van der Waals surface area contributed by atoms with Crippen LogP contribution in [-0.4, -0.2) is 28.2 Å². The van der Waals surface area contributed by atoms with Crippen LogP contribution in [0.1, 0.15) is 5.82 Å². The molecular weight excluding hydrogens is 350 g/mol. The zero-order chi connectivity index (χ0) is 17.8. The van der Waals surface area contributed by atoms with E-state index in [1.165, 1.54) is 0 Å². The quantitative estimate of drug-likeness (QED) is 0.664. The first kappa shape index (κ1) is 16.5. The molecule has 0 spiro atoms. The lowest BCUT2D eigenvalue weighted by atomic mass is 10.3. The highest BCUT2D eigenvalue weighted by atomic mass is 32.2. The molecular formula is C18H17N5O2S. The summed E-state index contributed by atoms with van der Waals surface area (Å²) >= 11 is 1.60. The number of nitrogens with two attached hydrogens (primary N) is 1. The molecule has 3 aromatic rings. The molecule has 2 heterocycles. The highest BCUT2D eigenvalue weighted by Crippen LogP contribution is 2.34. The van der Waals surface area contributed by atoms with Crippen molar-refractivity contribution in [1.29, 1.82) is 0 Å². The summed E-state index contributed by atoms with van der Waals surface area (Å²) in [4.78, 5) is 13.8. The van der Waals surface area contributed by atoms with E-state index >= 15 is 0 Å². The van der Waals surface area contributed by atoms with Crippen LogP contribution in [0, 0.1) is 0 Å². The Morgan fingerprint density at radius 3 is 2.62 bits per heavy atom. The van der Waals surface area contributed by atoms with E-state index in [1.54, 1.807) is 11.8 Å². The smallest absolute Gasteiger partial charge is 0.232 e. The predicted molar refractivity (Wildman–Crippen MR) is 101 cm³/mol. The summed E-state index contributed by atoms with van der Waals surface area (Å²) in [5.41, 5.74) is 6.72. The minimum Gasteiger partial charge on any atom is -0.486 e. The fourth-order valence-corrected chi connectivity index (χ4v) is 3.25. The van der Waals surface area contributed by atoms with Gasteiger partial charge < -0.3 is 20.5 Å². The average Bonchev–Trinajstić information content (AvgIpc) is 2.67. The van der Waals surface area contributed by atoms with Gasteiger partial charge in [0.2, 0.25) is 11.9 Å². The Kier molecular flexibility index (Phi) is 4.74. The molecule has 1 aliphatic rings. The Balaban J connectivity index is 1.46. The Labute approximate surface area is 155 Å². The number of rotatable bonds is 5. The van der Waals surface area contributed by atoms with E-state index in [2.05, 4.69) is 20.3 Å². The Bertz CT molecular complexity index is 907. The minimum atomic E-state index is 0.191. The van der Waals surface area contributed by atoms with Gasteiger partial charge in [0.25, 0.3) is 0 Å². The Morgan fingerprint density at radius 1 is 0.962 bits per heavy atom. The van der Waals surface area contributed by atoms with E-state index in [1.807, 2.05) is 48.5 Å². The van der Waals surface area contributed by atoms with Gasteiger partial charge in [0, 0.05) is 10.6 Å². The van der Waals surface area contributed by atoms with Crippen molar-refractivity contribution in [2.75, 3.05) is 24.3 Å². The number of hydrogen-bond donors (Lipinski definition) is 2. The summed E-state index contributed by atoms with van der Waals surface area (Å²) in [5.74, 6) is 3.34. The Morgan fingerprint density at radius 2 is 1.77 bits per heavy atom. The molecule has 0 saturated heterocycles. The van der Waals surface area contributed by atoms with Crippen LogP contribution in [0.5, 0.6) is 11.5 Å². The highest BCUT2D eigenvalue weighted by molar-refractivity contribution is 7.98. The molecule has 132 valence electrons. The molecule has 4 rings (SSSR count). The molecule has 0 radical (unpaired) electrons. The van der Waals surface area contributed by atoms with Gasteiger partial charge in [-0.3, -0.25) is 0 Å². The molecule has 8 heteroatoms. The van der Waals surface area contributed by atoms with E-state index in [-0.39, 0.29) is 5.95 Å². The fourth-order valence-electron chi connectivity index (χ4n) is 2.47. The van der Waals surface area contributed by atoms with E-state index < -0.39 is 0 Å². The number of nitrogen functional groups attached to an aromatic ring is 1. The summed E-state index contributed by atoms with van der Waals surface area (Å²) in [7, 11) is 0. The highest BCUT2D eigenvalue weighted by Gasteiger charge is 2.12. The van der Waals surface area contributed by atoms with Crippen LogP contribution in [0.2, 0.25) is 0 Å². The van der Waals surface area contributed by atoms with Crippen LogP contribution >= 0.6 is 11.8 Å². The van der Waals surface area contributed by atoms with Crippen LogP contribution < -0.4 is 20.5 Å². The molecule has 0 atom stereocenters. The van der Waals surface area contributed by atoms with Gasteiger partial charge in [-0.25, -0.2) is 0 Å². The molecule has 3 N–H and O–H groups in total. The molecule has 1 aromatic heterocycles. The zero-order valence-electron chi connectivity index (χ0n) is 13.9. The zero-order valence-corrected chi connectivity index (χ0v) is 14.7. The number of nitrogens with one attached hydrogen (secondary N) is 1. The third kappa shape index (κ3) is 3.97. The maximum absolute atomic E-state index is 5.83. The first-order chi connectivity index (χ1) is 12.8. The maximum atomic E-state index is 5.83. The van der Waals surface area contributed by atoms with Crippen LogP contribution in [0.3, 0.4) is 0 Å². The second-order valence-electron chi connectivity index (χ2n) is 5.52. The first-order valence-corrected chi connectivity index (χ1v) is 9.10. The third-order valence-corrected chi connectivity index (χ3v) is 4.60. The lowest BCUT2D eigenvalue weighted by Gasteiger charge is -2.18. The summed E-state index contributed by atoms with van der Waals surface area (Å²) in [6.07, 6.45) is 0. The van der Waals surface area contributed by atoms with Gasteiger partial charge in [0.15, 0.2) is 11.5 Å². The number of benzene rings is 2. The van der Waals surface area contributed by atoms with E-state index in [0.29, 0.717) is 30.7 Å². The number of para-hydroxylation sites is 1. The number of hydrogen-bond acceptors (Lipinski definition) is 8. The van der Waals surface area contributed by atoms with Crippen molar-refractivity contribution in [2.45, 2.75) is 10.6 Å². The first-order valence-electron chi connectivity index (χ1n) is 8.11. The molecule has 2 aromatic carbocycles. The summed E-state index contributed by atoms with van der Waals surface area (Å²) in [6, 6.07) is 15.6. The van der Waals surface area contributed by atoms with Crippen LogP contribution in [0.15, 0.2) is 53.4 Å². The third-order valence-electron chi connectivity index (χ3n) is 3.61. The number of thioether (sulfide) groups is 1. The standard InChI is InChI=1S/C18H17N5O2S/c19-17-21-16(22-18(23-17)20-12-4-2-1-3-5-12)11-26-13-6-7-14-15(10-13)25-9-8-24-14/h1-7,10H,8-9,11H2,(H3,19,20,21,22,23). The normalized spacial score (nSPS) is 12.6. The van der Waals surface area contributed by atoms with Gasteiger partial charge in [0.05, 0.1) is 5.75 Å².